The molecule has 5 nitrogen and oxygen atoms in total. The summed E-state index contributed by atoms with van der Waals surface area (Å²) in [5.74, 6) is 0.363. The van der Waals surface area contributed by atoms with E-state index < -0.39 is 5.97 Å². The number of carboxylic acids is 1. The molecule has 0 saturated heterocycles. The number of aliphatic carboxylic acids is 1. The van der Waals surface area contributed by atoms with Gasteiger partial charge in [-0.25, -0.2) is 9.97 Å². The molecular formula is C13H12BrN3O2. The van der Waals surface area contributed by atoms with Crippen molar-refractivity contribution >= 4 is 27.7 Å². The molecule has 6 heteroatoms. The summed E-state index contributed by atoms with van der Waals surface area (Å²) in [6, 6.07) is 9.38. The van der Waals surface area contributed by atoms with Crippen molar-refractivity contribution in [2.75, 3.05) is 11.9 Å². The van der Waals surface area contributed by atoms with E-state index in [4.69, 9.17) is 5.11 Å². The van der Waals surface area contributed by atoms with Crippen LogP contribution in [0.2, 0.25) is 0 Å². The minimum Gasteiger partial charge on any atom is -0.481 e. The lowest BCUT2D eigenvalue weighted by molar-refractivity contribution is -0.136. The summed E-state index contributed by atoms with van der Waals surface area (Å²) in [4.78, 5) is 19.0. The zero-order valence-corrected chi connectivity index (χ0v) is 11.6. The topological polar surface area (TPSA) is 75.1 Å². The molecule has 2 aromatic rings. The first-order valence-electron chi connectivity index (χ1n) is 5.70. The Labute approximate surface area is 118 Å². The third-order valence-corrected chi connectivity index (χ3v) is 3.11. The quantitative estimate of drug-likeness (QED) is 0.885. The highest BCUT2D eigenvalue weighted by Crippen LogP contribution is 2.25. The number of hydrogen-bond donors (Lipinski definition) is 2. The summed E-state index contributed by atoms with van der Waals surface area (Å²) < 4.78 is 0.915. The van der Waals surface area contributed by atoms with E-state index in [1.807, 2.05) is 24.3 Å². The molecule has 0 aliphatic rings. The molecule has 19 heavy (non-hydrogen) atoms. The standard InChI is InChI=1S/C13H12BrN3O2/c14-10-4-2-1-3-9(10)13-16-7-5-11(17-13)15-8-6-12(18)19/h1-5,7H,6,8H2,(H,18,19)(H,15,16,17). The molecule has 0 radical (unpaired) electrons. The Balaban J connectivity index is 2.15. The number of anilines is 1. The van der Waals surface area contributed by atoms with Crippen LogP contribution in [-0.2, 0) is 4.79 Å². The van der Waals surface area contributed by atoms with E-state index >= 15 is 0 Å². The molecule has 98 valence electrons. The SMILES string of the molecule is O=C(O)CCNc1ccnc(-c2ccccc2Br)n1. The van der Waals surface area contributed by atoms with Gasteiger partial charge in [0.05, 0.1) is 6.42 Å². The Kier molecular flexibility index (Phi) is 4.46. The maximum absolute atomic E-state index is 10.4. The predicted molar refractivity (Wildman–Crippen MR) is 75.9 cm³/mol. The van der Waals surface area contributed by atoms with E-state index in [9.17, 15) is 4.79 Å². The van der Waals surface area contributed by atoms with Crippen molar-refractivity contribution in [1.29, 1.82) is 0 Å². The summed E-state index contributed by atoms with van der Waals surface area (Å²) in [7, 11) is 0. The number of halogens is 1. The Morgan fingerprint density at radius 1 is 1.32 bits per heavy atom. The number of rotatable bonds is 5. The van der Waals surface area contributed by atoms with E-state index in [1.165, 1.54) is 0 Å². The van der Waals surface area contributed by atoms with Crippen LogP contribution in [0, 0.1) is 0 Å². The second kappa shape index (κ2) is 6.29. The average molecular weight is 322 g/mol. The van der Waals surface area contributed by atoms with Crippen LogP contribution in [0.15, 0.2) is 41.0 Å². The number of carbonyl (C=O) groups is 1. The molecule has 1 aromatic carbocycles. The van der Waals surface area contributed by atoms with Crippen LogP contribution in [0.3, 0.4) is 0 Å². The summed E-state index contributed by atoms with van der Waals surface area (Å²) >= 11 is 3.45. The van der Waals surface area contributed by atoms with Crippen molar-refractivity contribution in [3.8, 4) is 11.4 Å². The van der Waals surface area contributed by atoms with Crippen LogP contribution < -0.4 is 5.32 Å². The lowest BCUT2D eigenvalue weighted by atomic mass is 10.2. The number of carboxylic acid groups (broad SMARTS) is 1. The van der Waals surface area contributed by atoms with Crippen LogP contribution in [-0.4, -0.2) is 27.6 Å². The highest BCUT2D eigenvalue weighted by molar-refractivity contribution is 9.10. The maximum Gasteiger partial charge on any atom is 0.305 e. The Morgan fingerprint density at radius 2 is 2.11 bits per heavy atom. The van der Waals surface area contributed by atoms with Gasteiger partial charge in [0.15, 0.2) is 5.82 Å². The molecule has 0 unspecified atom stereocenters. The lowest BCUT2D eigenvalue weighted by Crippen LogP contribution is -2.09. The molecule has 0 bridgehead atoms. The van der Waals surface area contributed by atoms with Gasteiger partial charge >= 0.3 is 5.97 Å². The van der Waals surface area contributed by atoms with E-state index in [0.717, 1.165) is 10.0 Å². The number of nitrogens with zero attached hydrogens (tertiary/aromatic N) is 2. The maximum atomic E-state index is 10.4. The number of benzene rings is 1. The third-order valence-electron chi connectivity index (χ3n) is 2.42. The third kappa shape index (κ3) is 3.75. The van der Waals surface area contributed by atoms with E-state index in [0.29, 0.717) is 18.2 Å². The molecule has 0 amide bonds. The molecule has 0 aliphatic carbocycles. The van der Waals surface area contributed by atoms with Crippen LogP contribution >= 0.6 is 15.9 Å². The van der Waals surface area contributed by atoms with Gasteiger partial charge in [-0.1, -0.05) is 34.1 Å². The first-order valence-corrected chi connectivity index (χ1v) is 6.50. The molecule has 0 aliphatic heterocycles. The van der Waals surface area contributed by atoms with Gasteiger partial charge in [0.1, 0.15) is 5.82 Å². The molecule has 0 atom stereocenters. The fourth-order valence-electron chi connectivity index (χ4n) is 1.53. The van der Waals surface area contributed by atoms with Crippen molar-refractivity contribution in [3.63, 3.8) is 0 Å². The second-order valence-corrected chi connectivity index (χ2v) is 4.67. The van der Waals surface area contributed by atoms with Crippen LogP contribution in [0.4, 0.5) is 5.82 Å². The molecule has 0 saturated carbocycles. The van der Waals surface area contributed by atoms with Gasteiger partial charge in [-0.3, -0.25) is 4.79 Å². The zero-order valence-electron chi connectivity index (χ0n) is 10.0. The molecule has 2 rings (SSSR count). The van der Waals surface area contributed by atoms with Crippen LogP contribution in [0.1, 0.15) is 6.42 Å². The Bertz CT molecular complexity index is 590. The fraction of sp³-hybridized carbons (Fsp3) is 0.154. The predicted octanol–water partition coefficient (Wildman–Crippen LogP) is 2.79. The zero-order chi connectivity index (χ0) is 13.7. The molecule has 1 heterocycles. The number of nitrogens with one attached hydrogen (secondary N) is 1. The smallest absolute Gasteiger partial charge is 0.305 e. The minimum atomic E-state index is -0.840. The molecule has 0 fully saturated rings. The van der Waals surface area contributed by atoms with Crippen LogP contribution in [0.25, 0.3) is 11.4 Å². The highest BCUT2D eigenvalue weighted by atomic mass is 79.9. The van der Waals surface area contributed by atoms with Gasteiger partial charge in [-0.15, -0.1) is 0 Å². The first-order chi connectivity index (χ1) is 9.16. The van der Waals surface area contributed by atoms with Crippen molar-refractivity contribution in [1.82, 2.24) is 9.97 Å². The summed E-state index contributed by atoms with van der Waals surface area (Å²) in [6.07, 6.45) is 1.69. The molecule has 0 spiro atoms. The first kappa shape index (κ1) is 13.5. The summed E-state index contributed by atoms with van der Waals surface area (Å²) in [5.41, 5.74) is 0.893. The van der Waals surface area contributed by atoms with Crippen molar-refractivity contribution in [2.24, 2.45) is 0 Å². The second-order valence-electron chi connectivity index (χ2n) is 3.82. The van der Waals surface area contributed by atoms with Gasteiger partial charge in [0.25, 0.3) is 0 Å². The number of hydrogen-bond acceptors (Lipinski definition) is 4. The molecular weight excluding hydrogens is 310 g/mol. The van der Waals surface area contributed by atoms with Crippen LogP contribution in [0.5, 0.6) is 0 Å². The van der Waals surface area contributed by atoms with Gasteiger partial charge < -0.3 is 10.4 Å². The lowest BCUT2D eigenvalue weighted by Gasteiger charge is -2.06. The van der Waals surface area contributed by atoms with Crippen molar-refractivity contribution in [2.45, 2.75) is 6.42 Å². The minimum absolute atomic E-state index is 0.0500. The highest BCUT2D eigenvalue weighted by Gasteiger charge is 2.06. The van der Waals surface area contributed by atoms with Crippen molar-refractivity contribution < 1.29 is 9.90 Å². The van der Waals surface area contributed by atoms with E-state index in [1.54, 1.807) is 12.3 Å². The Morgan fingerprint density at radius 3 is 2.84 bits per heavy atom. The van der Waals surface area contributed by atoms with E-state index in [2.05, 4.69) is 31.2 Å². The van der Waals surface area contributed by atoms with E-state index in [-0.39, 0.29) is 6.42 Å². The van der Waals surface area contributed by atoms with Crippen molar-refractivity contribution in [3.05, 3.63) is 41.0 Å². The largest absolute Gasteiger partial charge is 0.481 e. The van der Waals surface area contributed by atoms with Gasteiger partial charge in [-0.2, -0.15) is 0 Å². The van der Waals surface area contributed by atoms with Gasteiger partial charge in [0.2, 0.25) is 0 Å². The molecule has 2 N–H and O–H groups in total. The Hall–Kier alpha value is -1.95. The number of aromatic nitrogens is 2. The fourth-order valence-corrected chi connectivity index (χ4v) is 1.99. The van der Waals surface area contributed by atoms with Gasteiger partial charge in [-0.05, 0) is 12.1 Å². The van der Waals surface area contributed by atoms with Gasteiger partial charge in [0, 0.05) is 22.8 Å². The summed E-state index contributed by atoms with van der Waals surface area (Å²) in [6.45, 7) is 0.335. The normalized spacial score (nSPS) is 10.2. The molecule has 1 aromatic heterocycles. The summed E-state index contributed by atoms with van der Waals surface area (Å²) in [5, 5.41) is 11.5. The average Bonchev–Trinajstić information content (AvgIpc) is 2.39. The monoisotopic (exact) mass is 321 g/mol.